The molecule has 0 aromatic carbocycles. The first-order valence-corrected chi connectivity index (χ1v) is 10.8. The highest BCUT2D eigenvalue weighted by atomic mass is 32.1. The molecule has 0 fully saturated rings. The second-order valence-corrected chi connectivity index (χ2v) is 9.10. The van der Waals surface area contributed by atoms with Gasteiger partial charge in [0.05, 0.1) is 11.6 Å². The van der Waals surface area contributed by atoms with Gasteiger partial charge in [-0.05, 0) is 38.8 Å². The van der Waals surface area contributed by atoms with E-state index < -0.39 is 22.9 Å². The van der Waals surface area contributed by atoms with Crippen molar-refractivity contribution in [3.05, 3.63) is 35.9 Å². The van der Waals surface area contributed by atoms with E-state index >= 15 is 0 Å². The minimum atomic E-state index is -4.62. The lowest BCUT2D eigenvalue weighted by atomic mass is 10.0. The van der Waals surface area contributed by atoms with E-state index in [0.717, 1.165) is 25.7 Å². The summed E-state index contributed by atoms with van der Waals surface area (Å²) in [6.45, 7) is 8.64. The van der Waals surface area contributed by atoms with E-state index in [1.54, 1.807) is 28.8 Å². The Morgan fingerprint density at radius 3 is 2.42 bits per heavy atom. The number of hydrogen-bond acceptors (Lipinski definition) is 4. The lowest BCUT2D eigenvalue weighted by molar-refractivity contribution is -0.158. The standard InChI is InChI=1S/C17H22F3N3OS.C5H9N/c1-5-10(2)13-21-12(11-8-6-7-9-23(11)13)14(24)22-15(16(3,4)25)17(18,19)20;1-2-3-4-5-6/h6-10,15,25H,5H2,1-4H3,(H,22,24);2-4H2,1H3. The molecule has 0 aliphatic heterocycles. The number of aromatic nitrogens is 2. The minimum absolute atomic E-state index is 0.0114. The Kier molecular flexibility index (Phi) is 9.88. The highest BCUT2D eigenvalue weighted by Crippen LogP contribution is 2.32. The normalized spacial score (nSPS) is 13.7. The number of carbonyl (C=O) groups excluding carboxylic acids is 1. The van der Waals surface area contributed by atoms with Crippen LogP contribution in [0, 0.1) is 11.3 Å². The summed E-state index contributed by atoms with van der Waals surface area (Å²) in [5, 5.41) is 10.0. The Labute approximate surface area is 187 Å². The van der Waals surface area contributed by atoms with E-state index in [4.69, 9.17) is 5.26 Å². The molecule has 1 amide bonds. The predicted octanol–water partition coefficient (Wildman–Crippen LogP) is 5.92. The van der Waals surface area contributed by atoms with Crippen molar-refractivity contribution in [2.24, 2.45) is 0 Å². The number of hydrogen-bond donors (Lipinski definition) is 2. The number of rotatable bonds is 7. The molecule has 2 heterocycles. The van der Waals surface area contributed by atoms with Crippen molar-refractivity contribution in [1.29, 1.82) is 5.26 Å². The fourth-order valence-corrected chi connectivity index (χ4v) is 3.08. The van der Waals surface area contributed by atoms with Crippen LogP contribution in [0.3, 0.4) is 0 Å². The van der Waals surface area contributed by atoms with Gasteiger partial charge in [0.15, 0.2) is 5.69 Å². The van der Waals surface area contributed by atoms with Crippen LogP contribution in [-0.4, -0.2) is 32.3 Å². The summed E-state index contributed by atoms with van der Waals surface area (Å²) in [6, 6.07) is 5.15. The first kappa shape index (κ1) is 26.8. The summed E-state index contributed by atoms with van der Waals surface area (Å²) in [5.74, 6) is -0.143. The number of imidazole rings is 1. The summed E-state index contributed by atoms with van der Waals surface area (Å²) >= 11 is 4.00. The lowest BCUT2D eigenvalue weighted by Gasteiger charge is -2.31. The van der Waals surface area contributed by atoms with Crippen molar-refractivity contribution in [2.45, 2.75) is 83.2 Å². The molecule has 2 aromatic rings. The van der Waals surface area contributed by atoms with Crippen LogP contribution >= 0.6 is 12.6 Å². The van der Waals surface area contributed by atoms with E-state index in [-0.39, 0.29) is 11.6 Å². The Morgan fingerprint density at radius 1 is 1.32 bits per heavy atom. The number of alkyl halides is 3. The van der Waals surface area contributed by atoms with Crippen LogP contribution in [0.2, 0.25) is 0 Å². The molecule has 0 saturated heterocycles. The van der Waals surface area contributed by atoms with Crippen LogP contribution in [-0.2, 0) is 0 Å². The molecule has 0 aliphatic carbocycles. The second kappa shape index (κ2) is 11.4. The van der Waals surface area contributed by atoms with Crippen molar-refractivity contribution >= 4 is 24.1 Å². The molecule has 2 rings (SSSR count). The quantitative estimate of drug-likeness (QED) is 0.401. The van der Waals surface area contributed by atoms with E-state index in [1.165, 1.54) is 13.8 Å². The maximum absolute atomic E-state index is 13.3. The van der Waals surface area contributed by atoms with Gasteiger partial charge in [0.2, 0.25) is 0 Å². The van der Waals surface area contributed by atoms with Crippen LogP contribution in [0.25, 0.3) is 5.52 Å². The van der Waals surface area contributed by atoms with Crippen LogP contribution in [0.15, 0.2) is 24.4 Å². The van der Waals surface area contributed by atoms with Gasteiger partial charge in [-0.1, -0.05) is 33.3 Å². The largest absolute Gasteiger partial charge is 0.409 e. The number of unbranched alkanes of at least 4 members (excludes halogenated alkanes) is 2. The van der Waals surface area contributed by atoms with Crippen molar-refractivity contribution in [1.82, 2.24) is 14.7 Å². The van der Waals surface area contributed by atoms with Crippen molar-refractivity contribution in [3.8, 4) is 6.07 Å². The van der Waals surface area contributed by atoms with E-state index in [9.17, 15) is 18.0 Å². The number of thiol groups is 1. The van der Waals surface area contributed by atoms with Crippen LogP contribution in [0.5, 0.6) is 0 Å². The minimum Gasteiger partial charge on any atom is -0.338 e. The van der Waals surface area contributed by atoms with Crippen LogP contribution in [0.1, 0.15) is 82.5 Å². The molecular weight excluding hydrogens is 425 g/mol. The van der Waals surface area contributed by atoms with Gasteiger partial charge >= 0.3 is 6.18 Å². The predicted molar refractivity (Wildman–Crippen MR) is 119 cm³/mol. The maximum Gasteiger partial charge on any atom is 0.409 e. The summed E-state index contributed by atoms with van der Waals surface area (Å²) < 4.78 is 40.2. The number of fused-ring (bicyclic) bond motifs is 1. The summed E-state index contributed by atoms with van der Waals surface area (Å²) in [5.41, 5.74) is 0.468. The van der Waals surface area contributed by atoms with Crippen LogP contribution in [0.4, 0.5) is 13.2 Å². The Balaban J connectivity index is 0.000000703. The second-order valence-electron chi connectivity index (χ2n) is 7.95. The molecule has 0 spiro atoms. The molecule has 2 aromatic heterocycles. The van der Waals surface area contributed by atoms with E-state index in [0.29, 0.717) is 11.3 Å². The number of nitriles is 1. The molecule has 31 heavy (non-hydrogen) atoms. The van der Waals surface area contributed by atoms with Gasteiger partial charge in [0.25, 0.3) is 5.91 Å². The van der Waals surface area contributed by atoms with Gasteiger partial charge in [-0.2, -0.15) is 31.1 Å². The van der Waals surface area contributed by atoms with E-state index in [2.05, 4.69) is 35.9 Å². The number of nitrogens with one attached hydrogen (secondary N) is 1. The molecular formula is C22H31F3N4OS. The lowest BCUT2D eigenvalue weighted by Crippen LogP contribution is -2.55. The van der Waals surface area contributed by atoms with Gasteiger partial charge in [-0.15, -0.1) is 0 Å². The number of nitrogens with zero attached hydrogens (tertiary/aromatic N) is 3. The van der Waals surface area contributed by atoms with Gasteiger partial charge in [-0.3, -0.25) is 4.79 Å². The summed E-state index contributed by atoms with van der Waals surface area (Å²) in [4.78, 5) is 16.9. The average Bonchev–Trinajstić information content (AvgIpc) is 3.08. The van der Waals surface area contributed by atoms with Gasteiger partial charge < -0.3 is 9.72 Å². The highest BCUT2D eigenvalue weighted by Gasteiger charge is 2.48. The van der Waals surface area contributed by atoms with Gasteiger partial charge in [0.1, 0.15) is 11.9 Å². The fourth-order valence-electron chi connectivity index (χ4n) is 2.87. The third-order valence-corrected chi connectivity index (χ3v) is 5.05. The fraction of sp³-hybridized carbons (Fsp3) is 0.591. The third kappa shape index (κ3) is 7.46. The molecule has 2 unspecified atom stereocenters. The molecule has 0 saturated carbocycles. The first-order valence-electron chi connectivity index (χ1n) is 10.3. The Hall–Kier alpha value is -2.21. The Morgan fingerprint density at radius 2 is 1.97 bits per heavy atom. The highest BCUT2D eigenvalue weighted by molar-refractivity contribution is 7.81. The van der Waals surface area contributed by atoms with Gasteiger partial charge in [-0.25, -0.2) is 4.98 Å². The van der Waals surface area contributed by atoms with Crippen molar-refractivity contribution in [3.63, 3.8) is 0 Å². The number of halogens is 3. The molecule has 0 bridgehead atoms. The molecule has 9 heteroatoms. The smallest absolute Gasteiger partial charge is 0.338 e. The first-order chi connectivity index (χ1) is 14.4. The average molecular weight is 457 g/mol. The maximum atomic E-state index is 13.3. The number of carbonyl (C=O) groups is 1. The number of amides is 1. The van der Waals surface area contributed by atoms with Gasteiger partial charge in [0, 0.05) is 23.3 Å². The SMILES string of the molecule is CCC(C)c1nc(C(=O)NC(C(F)(F)F)C(C)(C)S)c2ccccn12.CCCCC#N. The van der Waals surface area contributed by atoms with Crippen LogP contribution < -0.4 is 5.32 Å². The monoisotopic (exact) mass is 456 g/mol. The molecule has 5 nitrogen and oxygen atoms in total. The molecule has 172 valence electrons. The molecule has 1 N–H and O–H groups in total. The topological polar surface area (TPSA) is 70.2 Å². The molecule has 0 radical (unpaired) electrons. The van der Waals surface area contributed by atoms with Crippen molar-refractivity contribution < 1.29 is 18.0 Å². The van der Waals surface area contributed by atoms with Crippen molar-refractivity contribution in [2.75, 3.05) is 0 Å². The summed E-state index contributed by atoms with van der Waals surface area (Å²) in [7, 11) is 0. The summed E-state index contributed by atoms with van der Waals surface area (Å²) in [6.07, 6.45) is 0.838. The third-order valence-electron chi connectivity index (χ3n) is 4.80. The number of pyridine rings is 1. The zero-order valence-electron chi connectivity index (χ0n) is 18.6. The molecule has 2 atom stereocenters. The molecule has 0 aliphatic rings. The zero-order chi connectivity index (χ0) is 23.8. The van der Waals surface area contributed by atoms with E-state index in [1.807, 2.05) is 13.8 Å². The zero-order valence-corrected chi connectivity index (χ0v) is 19.5. The Bertz CT molecular complexity index is 883.